The van der Waals surface area contributed by atoms with E-state index >= 15 is 0 Å². The van der Waals surface area contributed by atoms with Gasteiger partial charge in [0.1, 0.15) is 5.25 Å². The van der Waals surface area contributed by atoms with Crippen LogP contribution >= 0.6 is 39.0 Å². The Bertz CT molecular complexity index is 991. The van der Waals surface area contributed by atoms with Gasteiger partial charge in [-0.05, 0) is 37.1 Å². The predicted molar refractivity (Wildman–Crippen MR) is 109 cm³/mol. The standard InChI is InChI=1S/C19H17BrN2O3S2/c20-10-4-6-11(7-5-10)22-16(23)12-13(17(22)24)26-15-14(27-18(25)21-15)19(12)8-2-1-3-9-19/h4-7,12-13H,1-3,8-9H2,(H,21,25)/t12-,13-/m0/s1. The molecule has 8 heteroatoms. The summed E-state index contributed by atoms with van der Waals surface area (Å²) >= 11 is 5.99. The zero-order valence-electron chi connectivity index (χ0n) is 14.4. The van der Waals surface area contributed by atoms with Gasteiger partial charge in [0.2, 0.25) is 11.8 Å². The molecule has 1 saturated carbocycles. The third-order valence-electron chi connectivity index (χ3n) is 5.99. The second-order valence-electron chi connectivity index (χ2n) is 7.39. The van der Waals surface area contributed by atoms with Crippen molar-refractivity contribution in [3.63, 3.8) is 0 Å². The van der Waals surface area contributed by atoms with Crippen molar-refractivity contribution in [1.82, 2.24) is 4.98 Å². The minimum atomic E-state index is -0.461. The topological polar surface area (TPSA) is 70.2 Å². The quantitative estimate of drug-likeness (QED) is 0.645. The zero-order valence-corrected chi connectivity index (χ0v) is 17.6. The lowest BCUT2D eigenvalue weighted by Crippen LogP contribution is -2.46. The number of hydrogen-bond acceptors (Lipinski definition) is 5. The number of amides is 2. The molecule has 3 aliphatic rings. The Labute approximate surface area is 172 Å². The number of hydrogen-bond donors (Lipinski definition) is 1. The highest BCUT2D eigenvalue weighted by Crippen LogP contribution is 2.59. The van der Waals surface area contributed by atoms with Crippen LogP contribution in [0, 0.1) is 5.92 Å². The molecule has 2 atom stereocenters. The first-order valence-electron chi connectivity index (χ1n) is 9.05. The Morgan fingerprint density at radius 1 is 1.04 bits per heavy atom. The van der Waals surface area contributed by atoms with Gasteiger partial charge in [0.05, 0.1) is 16.6 Å². The Balaban J connectivity index is 1.64. The molecule has 1 N–H and O–H groups in total. The highest BCUT2D eigenvalue weighted by molar-refractivity contribution is 9.10. The molecule has 2 aromatic rings. The third kappa shape index (κ3) is 2.53. The van der Waals surface area contributed by atoms with E-state index < -0.39 is 11.2 Å². The number of benzene rings is 1. The molecule has 140 valence electrons. The van der Waals surface area contributed by atoms with E-state index in [1.165, 1.54) is 28.0 Å². The lowest BCUT2D eigenvalue weighted by molar-refractivity contribution is -0.123. The number of rotatable bonds is 1. The molecule has 1 spiro atoms. The third-order valence-corrected chi connectivity index (χ3v) is 9.02. The van der Waals surface area contributed by atoms with E-state index in [2.05, 4.69) is 20.9 Å². The molecule has 1 saturated heterocycles. The molecule has 1 aromatic heterocycles. The first-order valence-corrected chi connectivity index (χ1v) is 11.5. The number of carbonyl (C=O) groups is 2. The maximum absolute atomic E-state index is 13.5. The number of H-pyrrole nitrogens is 1. The van der Waals surface area contributed by atoms with Crippen molar-refractivity contribution in [3.8, 4) is 0 Å². The highest BCUT2D eigenvalue weighted by atomic mass is 79.9. The van der Waals surface area contributed by atoms with Crippen molar-refractivity contribution < 1.29 is 9.59 Å². The number of aromatic nitrogens is 1. The van der Waals surface area contributed by atoms with Gasteiger partial charge in [0.25, 0.3) is 0 Å². The summed E-state index contributed by atoms with van der Waals surface area (Å²) in [7, 11) is 0. The maximum Gasteiger partial charge on any atom is 0.305 e. The van der Waals surface area contributed by atoms with Gasteiger partial charge in [-0.25, -0.2) is 4.90 Å². The Kier molecular flexibility index (Phi) is 4.14. The number of carbonyl (C=O) groups excluding carboxylic acids is 2. The molecule has 5 rings (SSSR count). The monoisotopic (exact) mass is 464 g/mol. The van der Waals surface area contributed by atoms with Crippen LogP contribution in [-0.2, 0) is 15.0 Å². The fraction of sp³-hybridized carbons (Fsp3) is 0.421. The van der Waals surface area contributed by atoms with Crippen LogP contribution in [0.15, 0.2) is 38.6 Å². The van der Waals surface area contributed by atoms with Crippen molar-refractivity contribution in [3.05, 3.63) is 43.3 Å². The van der Waals surface area contributed by atoms with Crippen molar-refractivity contribution in [2.24, 2.45) is 5.92 Å². The van der Waals surface area contributed by atoms with Crippen LogP contribution in [0.5, 0.6) is 0 Å². The van der Waals surface area contributed by atoms with Crippen molar-refractivity contribution in [2.75, 3.05) is 4.90 Å². The van der Waals surface area contributed by atoms with Crippen LogP contribution in [-0.4, -0.2) is 22.0 Å². The van der Waals surface area contributed by atoms with Gasteiger partial charge in [0.15, 0.2) is 0 Å². The van der Waals surface area contributed by atoms with Crippen LogP contribution in [0.1, 0.15) is 37.0 Å². The molecule has 5 nitrogen and oxygen atoms in total. The summed E-state index contributed by atoms with van der Waals surface area (Å²) in [6.07, 6.45) is 4.92. The summed E-state index contributed by atoms with van der Waals surface area (Å²) < 4.78 is 0.903. The van der Waals surface area contributed by atoms with Crippen LogP contribution in [0.2, 0.25) is 0 Å². The number of anilines is 1. The van der Waals surface area contributed by atoms with E-state index in [-0.39, 0.29) is 22.1 Å². The smallest absolute Gasteiger partial charge is 0.305 e. The van der Waals surface area contributed by atoms with E-state index in [4.69, 9.17) is 0 Å². The second-order valence-corrected chi connectivity index (χ2v) is 10.4. The molecule has 0 radical (unpaired) electrons. The van der Waals surface area contributed by atoms with E-state index in [1.54, 1.807) is 12.1 Å². The van der Waals surface area contributed by atoms with Crippen LogP contribution in [0.25, 0.3) is 0 Å². The molecule has 1 aromatic carbocycles. The molecule has 0 unspecified atom stereocenters. The fourth-order valence-electron chi connectivity index (χ4n) is 4.85. The maximum atomic E-state index is 13.5. The molecule has 2 aliphatic heterocycles. The predicted octanol–water partition coefficient (Wildman–Crippen LogP) is 4.06. The number of nitrogens with zero attached hydrogens (tertiary/aromatic N) is 1. The number of imide groups is 1. The number of thiazole rings is 1. The largest absolute Gasteiger partial charge is 0.307 e. The lowest BCUT2D eigenvalue weighted by Gasteiger charge is -2.44. The van der Waals surface area contributed by atoms with Gasteiger partial charge in [-0.3, -0.25) is 14.4 Å². The Morgan fingerprint density at radius 3 is 2.44 bits per heavy atom. The normalized spacial score (nSPS) is 26.3. The molecule has 2 amide bonds. The van der Waals surface area contributed by atoms with Crippen LogP contribution in [0.4, 0.5) is 5.69 Å². The van der Waals surface area contributed by atoms with E-state index in [0.717, 1.165) is 46.5 Å². The van der Waals surface area contributed by atoms with Gasteiger partial charge in [-0.15, -0.1) is 0 Å². The van der Waals surface area contributed by atoms with Crippen molar-refractivity contribution in [1.29, 1.82) is 0 Å². The highest BCUT2D eigenvalue weighted by Gasteiger charge is 2.62. The van der Waals surface area contributed by atoms with Gasteiger partial charge < -0.3 is 4.98 Å². The average molecular weight is 465 g/mol. The number of aromatic amines is 1. The minimum absolute atomic E-state index is 0.0953. The number of fused-ring (bicyclic) bond motifs is 4. The first-order chi connectivity index (χ1) is 13.0. The van der Waals surface area contributed by atoms with Gasteiger partial charge in [0, 0.05) is 14.8 Å². The molecule has 0 bridgehead atoms. The Morgan fingerprint density at radius 2 is 1.74 bits per heavy atom. The molecule has 3 heterocycles. The second kappa shape index (κ2) is 6.32. The summed E-state index contributed by atoms with van der Waals surface area (Å²) in [4.78, 5) is 44.0. The van der Waals surface area contributed by atoms with Crippen LogP contribution in [0.3, 0.4) is 0 Å². The zero-order chi connectivity index (χ0) is 18.8. The summed E-state index contributed by atoms with van der Waals surface area (Å²) in [5.74, 6) is -0.675. The summed E-state index contributed by atoms with van der Waals surface area (Å²) in [5, 5.41) is 0.337. The van der Waals surface area contributed by atoms with Crippen molar-refractivity contribution >= 4 is 56.5 Å². The molecule has 1 aliphatic carbocycles. The van der Waals surface area contributed by atoms with E-state index in [9.17, 15) is 14.4 Å². The van der Waals surface area contributed by atoms with Gasteiger partial charge >= 0.3 is 4.87 Å². The molecular formula is C19H17BrN2O3S2. The number of thioether (sulfide) groups is 1. The minimum Gasteiger partial charge on any atom is -0.307 e. The van der Waals surface area contributed by atoms with E-state index in [0.29, 0.717) is 5.69 Å². The SMILES string of the molecule is O=C1[C@H]2Sc3[nH]c(=O)sc3C3(CCCCC3)[C@@H]2C(=O)N1c1ccc(Br)cc1. The molecular weight excluding hydrogens is 448 g/mol. The number of nitrogens with one attached hydrogen (secondary N) is 1. The average Bonchev–Trinajstić information content (AvgIpc) is 3.16. The summed E-state index contributed by atoms with van der Waals surface area (Å²) in [5.41, 5.74) is 0.232. The number of halogens is 1. The first kappa shape index (κ1) is 17.7. The molecule has 2 fully saturated rings. The summed E-state index contributed by atoms with van der Waals surface area (Å²) in [6, 6.07) is 7.28. The van der Waals surface area contributed by atoms with Crippen LogP contribution < -0.4 is 9.77 Å². The van der Waals surface area contributed by atoms with Gasteiger partial charge in [-0.1, -0.05) is 58.3 Å². The Hall–Kier alpha value is -1.38. The lowest BCUT2D eigenvalue weighted by atomic mass is 9.64. The fourth-order valence-corrected chi connectivity index (χ4v) is 7.90. The summed E-state index contributed by atoms with van der Waals surface area (Å²) in [6.45, 7) is 0. The van der Waals surface area contributed by atoms with Gasteiger partial charge in [-0.2, -0.15) is 0 Å². The van der Waals surface area contributed by atoms with Crippen molar-refractivity contribution in [2.45, 2.75) is 47.8 Å². The van der Waals surface area contributed by atoms with E-state index in [1.807, 2.05) is 12.1 Å². The molecule has 27 heavy (non-hydrogen) atoms.